The summed E-state index contributed by atoms with van der Waals surface area (Å²) in [5.74, 6) is -0.116. The molecule has 1 aromatic carbocycles. The van der Waals surface area contributed by atoms with E-state index in [0.717, 1.165) is 25.6 Å². The highest BCUT2D eigenvalue weighted by molar-refractivity contribution is 5.33. The molecule has 116 valence electrons. The molecule has 1 aliphatic carbocycles. The zero-order valence-electron chi connectivity index (χ0n) is 11.7. The normalized spacial score (nSPS) is 23.5. The lowest BCUT2D eigenvalue weighted by Crippen LogP contribution is -2.33. The monoisotopic (exact) mass is 300 g/mol. The van der Waals surface area contributed by atoms with E-state index in [1.54, 1.807) is 18.2 Å². The first-order valence-corrected chi connectivity index (χ1v) is 7.32. The molecule has 1 saturated heterocycles. The highest BCUT2D eigenvalue weighted by Gasteiger charge is 2.34. The van der Waals surface area contributed by atoms with Crippen molar-refractivity contribution < 1.29 is 17.9 Å². The molecule has 21 heavy (non-hydrogen) atoms. The minimum Gasteiger partial charge on any atom is -0.405 e. The van der Waals surface area contributed by atoms with Crippen LogP contribution in [0.4, 0.5) is 13.2 Å². The third-order valence-corrected chi connectivity index (χ3v) is 4.06. The molecule has 0 amide bonds. The van der Waals surface area contributed by atoms with Gasteiger partial charge in [0.1, 0.15) is 5.75 Å². The number of hydrogen-bond acceptors (Lipinski definition) is 3. The second-order valence-corrected chi connectivity index (χ2v) is 5.75. The van der Waals surface area contributed by atoms with Gasteiger partial charge in [0.2, 0.25) is 0 Å². The van der Waals surface area contributed by atoms with Gasteiger partial charge in [0, 0.05) is 37.3 Å². The van der Waals surface area contributed by atoms with E-state index in [0.29, 0.717) is 18.2 Å². The number of nitrogens with one attached hydrogen (secondary N) is 1. The van der Waals surface area contributed by atoms with Crippen LogP contribution in [0, 0.1) is 0 Å². The van der Waals surface area contributed by atoms with Crippen LogP contribution in [0.25, 0.3) is 0 Å². The maximum absolute atomic E-state index is 12.4. The zero-order valence-corrected chi connectivity index (χ0v) is 11.7. The Morgan fingerprint density at radius 3 is 2.67 bits per heavy atom. The fourth-order valence-corrected chi connectivity index (χ4v) is 2.85. The number of rotatable bonds is 5. The number of ether oxygens (including phenoxy) is 1. The lowest BCUT2D eigenvalue weighted by atomic mass is 10.2. The Labute approximate surface area is 122 Å². The third-order valence-electron chi connectivity index (χ3n) is 4.06. The molecule has 2 aliphatic rings. The van der Waals surface area contributed by atoms with Crippen LogP contribution in [0.2, 0.25) is 0 Å². The number of benzene rings is 1. The van der Waals surface area contributed by atoms with Crippen LogP contribution >= 0.6 is 0 Å². The Kier molecular flexibility index (Phi) is 4.08. The molecule has 1 heterocycles. The quantitative estimate of drug-likeness (QED) is 0.905. The fourth-order valence-electron chi connectivity index (χ4n) is 2.85. The van der Waals surface area contributed by atoms with E-state index in [9.17, 15) is 13.2 Å². The van der Waals surface area contributed by atoms with Gasteiger partial charge in [-0.1, -0.05) is 18.2 Å². The summed E-state index contributed by atoms with van der Waals surface area (Å²) in [6.45, 7) is 2.48. The minimum atomic E-state index is -4.65. The van der Waals surface area contributed by atoms with Crippen LogP contribution < -0.4 is 10.1 Å². The molecule has 1 aliphatic heterocycles. The predicted octanol–water partition coefficient (Wildman–Crippen LogP) is 2.91. The number of para-hydroxylation sites is 1. The molecular weight excluding hydrogens is 281 g/mol. The second-order valence-electron chi connectivity index (χ2n) is 5.75. The summed E-state index contributed by atoms with van der Waals surface area (Å²) in [5.41, 5.74) is 0.541. The Bertz CT molecular complexity index is 488. The van der Waals surface area contributed by atoms with Gasteiger partial charge in [0.15, 0.2) is 0 Å². The second kappa shape index (κ2) is 5.85. The van der Waals surface area contributed by atoms with Crippen molar-refractivity contribution in [3.8, 4) is 5.75 Å². The number of halogens is 3. The first kappa shape index (κ1) is 14.7. The molecule has 1 saturated carbocycles. The van der Waals surface area contributed by atoms with E-state index in [-0.39, 0.29) is 5.75 Å². The minimum absolute atomic E-state index is 0.116. The molecule has 1 aromatic rings. The van der Waals surface area contributed by atoms with E-state index in [1.807, 2.05) is 0 Å². The molecule has 0 spiro atoms. The van der Waals surface area contributed by atoms with Crippen LogP contribution in [-0.2, 0) is 6.54 Å². The molecule has 6 heteroatoms. The molecule has 2 fully saturated rings. The Hall–Kier alpha value is -1.27. The van der Waals surface area contributed by atoms with Gasteiger partial charge in [0.25, 0.3) is 0 Å². The molecule has 0 aromatic heterocycles. The van der Waals surface area contributed by atoms with Crippen LogP contribution in [0.5, 0.6) is 5.75 Å². The summed E-state index contributed by atoms with van der Waals surface area (Å²) in [6, 6.07) is 7.40. The lowest BCUT2D eigenvalue weighted by Gasteiger charge is -2.17. The highest BCUT2D eigenvalue weighted by atomic mass is 19.4. The smallest absolute Gasteiger partial charge is 0.405 e. The number of likely N-dealkylation sites (tertiary alicyclic amines) is 1. The van der Waals surface area contributed by atoms with Crippen LogP contribution in [-0.4, -0.2) is 36.4 Å². The highest BCUT2D eigenvalue weighted by Crippen LogP contribution is 2.30. The summed E-state index contributed by atoms with van der Waals surface area (Å²) in [6.07, 6.45) is -1.02. The van der Waals surface area contributed by atoms with Crippen LogP contribution in [0.3, 0.4) is 0 Å². The summed E-state index contributed by atoms with van der Waals surface area (Å²) >= 11 is 0. The average molecular weight is 300 g/mol. The van der Waals surface area contributed by atoms with Crippen molar-refractivity contribution in [3.63, 3.8) is 0 Å². The predicted molar refractivity (Wildman–Crippen MR) is 73.0 cm³/mol. The van der Waals surface area contributed by atoms with Crippen LogP contribution in [0.15, 0.2) is 24.3 Å². The number of nitrogens with zero attached hydrogens (tertiary/aromatic N) is 1. The Morgan fingerprint density at radius 1 is 1.19 bits per heavy atom. The van der Waals surface area contributed by atoms with E-state index in [1.165, 1.54) is 18.9 Å². The van der Waals surface area contributed by atoms with Gasteiger partial charge in [0.05, 0.1) is 0 Å². The van der Waals surface area contributed by atoms with Crippen molar-refractivity contribution in [2.24, 2.45) is 0 Å². The van der Waals surface area contributed by atoms with Gasteiger partial charge in [-0.3, -0.25) is 4.90 Å². The van der Waals surface area contributed by atoms with E-state index in [2.05, 4.69) is 15.0 Å². The molecule has 0 radical (unpaired) electrons. The van der Waals surface area contributed by atoms with Gasteiger partial charge < -0.3 is 10.1 Å². The average Bonchev–Trinajstić information content (AvgIpc) is 3.16. The number of alkyl halides is 3. The standard InChI is InChI=1S/C15H19F3N2O/c16-15(17,18)21-14-4-2-1-3-11(14)9-19-12-7-8-20(10-12)13-5-6-13/h1-4,12-13,19H,5-10H2/t12-/m0/s1. The largest absolute Gasteiger partial charge is 0.573 e. The Morgan fingerprint density at radius 2 is 1.95 bits per heavy atom. The van der Waals surface area contributed by atoms with Crippen molar-refractivity contribution in [1.29, 1.82) is 0 Å². The SMILES string of the molecule is FC(F)(F)Oc1ccccc1CN[C@H]1CCN(C2CC2)C1. The molecular formula is C15H19F3N2O. The first-order chi connectivity index (χ1) is 10.0. The van der Waals surface area contributed by atoms with E-state index in [4.69, 9.17) is 0 Å². The lowest BCUT2D eigenvalue weighted by molar-refractivity contribution is -0.274. The molecule has 1 atom stereocenters. The molecule has 3 nitrogen and oxygen atoms in total. The van der Waals surface area contributed by atoms with Crippen molar-refractivity contribution in [2.45, 2.75) is 44.3 Å². The summed E-state index contributed by atoms with van der Waals surface area (Å²) < 4.78 is 41.1. The van der Waals surface area contributed by atoms with Crippen molar-refractivity contribution in [2.75, 3.05) is 13.1 Å². The van der Waals surface area contributed by atoms with Gasteiger partial charge >= 0.3 is 6.36 Å². The summed E-state index contributed by atoms with van der Waals surface area (Å²) in [4.78, 5) is 2.47. The van der Waals surface area contributed by atoms with Crippen molar-refractivity contribution in [3.05, 3.63) is 29.8 Å². The summed E-state index contributed by atoms with van der Waals surface area (Å²) in [5, 5.41) is 3.35. The topological polar surface area (TPSA) is 24.5 Å². The van der Waals surface area contributed by atoms with Gasteiger partial charge in [-0.25, -0.2) is 0 Å². The summed E-state index contributed by atoms with van der Waals surface area (Å²) in [7, 11) is 0. The molecule has 1 N–H and O–H groups in total. The zero-order chi connectivity index (χ0) is 14.9. The fraction of sp³-hybridized carbons (Fsp3) is 0.600. The first-order valence-electron chi connectivity index (χ1n) is 7.32. The number of hydrogen-bond donors (Lipinski definition) is 1. The van der Waals surface area contributed by atoms with Crippen LogP contribution in [0.1, 0.15) is 24.8 Å². The van der Waals surface area contributed by atoms with E-state index >= 15 is 0 Å². The van der Waals surface area contributed by atoms with Crippen molar-refractivity contribution >= 4 is 0 Å². The van der Waals surface area contributed by atoms with E-state index < -0.39 is 6.36 Å². The van der Waals surface area contributed by atoms with Gasteiger partial charge in [-0.15, -0.1) is 13.2 Å². The molecule has 3 rings (SSSR count). The van der Waals surface area contributed by atoms with Crippen molar-refractivity contribution in [1.82, 2.24) is 10.2 Å². The maximum Gasteiger partial charge on any atom is 0.573 e. The Balaban J connectivity index is 1.55. The third kappa shape index (κ3) is 4.11. The van der Waals surface area contributed by atoms with Gasteiger partial charge in [-0.05, 0) is 25.3 Å². The molecule has 0 unspecified atom stereocenters. The molecule has 0 bridgehead atoms. The van der Waals surface area contributed by atoms with Gasteiger partial charge in [-0.2, -0.15) is 0 Å². The maximum atomic E-state index is 12.4.